The van der Waals surface area contributed by atoms with E-state index >= 15 is 0 Å². The largest absolute Gasteiger partial charge is 0.279 e. The summed E-state index contributed by atoms with van der Waals surface area (Å²) in [6.45, 7) is 0. The zero-order valence-electron chi connectivity index (χ0n) is 11.6. The van der Waals surface area contributed by atoms with Crippen LogP contribution in [0.5, 0.6) is 0 Å². The average molecular weight is 393 g/mol. The van der Waals surface area contributed by atoms with Gasteiger partial charge in [0.05, 0.1) is 10.4 Å². The molecule has 2 amide bonds. The average Bonchev–Trinajstić information content (AvgIpc) is 2.95. The van der Waals surface area contributed by atoms with Gasteiger partial charge < -0.3 is 0 Å². The Labute approximate surface area is 143 Å². The van der Waals surface area contributed by atoms with Crippen molar-refractivity contribution in [1.29, 1.82) is 0 Å². The molecule has 0 unspecified atom stereocenters. The summed E-state index contributed by atoms with van der Waals surface area (Å²) in [5, 5.41) is 0.650. The Bertz CT molecular complexity index is 910. The highest BCUT2D eigenvalue weighted by atomic mass is 79.9. The van der Waals surface area contributed by atoms with E-state index in [9.17, 15) is 14.0 Å². The maximum atomic E-state index is 13.2. The van der Waals surface area contributed by atoms with E-state index in [2.05, 4.69) is 26.8 Å². The number of hydrazine groups is 1. The molecule has 1 aromatic heterocycles. The quantitative estimate of drug-likeness (QED) is 0.650. The van der Waals surface area contributed by atoms with Crippen LogP contribution in [0.4, 0.5) is 4.39 Å². The van der Waals surface area contributed by atoms with Gasteiger partial charge >= 0.3 is 0 Å². The molecule has 0 saturated heterocycles. The fourth-order valence-electron chi connectivity index (χ4n) is 2.01. The molecule has 0 aliphatic rings. The number of hydrogen-bond donors (Lipinski definition) is 2. The normalized spacial score (nSPS) is 10.5. The molecular weight excluding hydrogens is 383 g/mol. The minimum atomic E-state index is -0.452. The van der Waals surface area contributed by atoms with Crippen LogP contribution in [-0.2, 0) is 0 Å². The van der Waals surface area contributed by atoms with Crippen molar-refractivity contribution < 1.29 is 14.0 Å². The summed E-state index contributed by atoms with van der Waals surface area (Å²) in [6, 6.07) is 12.8. The second kappa shape index (κ2) is 6.47. The lowest BCUT2D eigenvalue weighted by Crippen LogP contribution is -2.41. The Morgan fingerprint density at radius 1 is 1.00 bits per heavy atom. The van der Waals surface area contributed by atoms with E-state index < -0.39 is 11.8 Å². The number of rotatable bonds is 2. The van der Waals surface area contributed by atoms with Crippen molar-refractivity contribution in [3.8, 4) is 0 Å². The Kier molecular flexibility index (Phi) is 4.40. The Morgan fingerprint density at radius 3 is 2.52 bits per heavy atom. The van der Waals surface area contributed by atoms with E-state index in [1.807, 2.05) is 0 Å². The molecule has 7 heteroatoms. The van der Waals surface area contributed by atoms with E-state index in [-0.39, 0.29) is 5.82 Å². The molecule has 0 aliphatic carbocycles. The van der Waals surface area contributed by atoms with Crippen molar-refractivity contribution in [3.05, 3.63) is 69.3 Å². The predicted molar refractivity (Wildman–Crippen MR) is 90.9 cm³/mol. The van der Waals surface area contributed by atoms with Gasteiger partial charge in [0, 0.05) is 9.17 Å². The van der Waals surface area contributed by atoms with Crippen molar-refractivity contribution >= 4 is 49.2 Å². The van der Waals surface area contributed by atoms with Crippen molar-refractivity contribution in [1.82, 2.24) is 10.9 Å². The Morgan fingerprint density at radius 2 is 1.74 bits per heavy atom. The molecule has 0 atom stereocenters. The van der Waals surface area contributed by atoms with Gasteiger partial charge in [-0.2, -0.15) is 0 Å². The lowest BCUT2D eigenvalue weighted by atomic mass is 10.2. The molecule has 116 valence electrons. The van der Waals surface area contributed by atoms with E-state index in [1.165, 1.54) is 23.5 Å². The lowest BCUT2D eigenvalue weighted by molar-refractivity contribution is 0.0848. The number of carbonyl (C=O) groups excluding carboxylic acids is 2. The van der Waals surface area contributed by atoms with Crippen LogP contribution in [0.2, 0.25) is 0 Å². The first-order valence-corrected chi connectivity index (χ1v) is 8.20. The topological polar surface area (TPSA) is 58.2 Å². The Hall–Kier alpha value is -2.25. The molecule has 0 bridgehead atoms. The predicted octanol–water partition coefficient (Wildman–Crippen LogP) is 3.88. The maximum Gasteiger partial charge on any atom is 0.279 e. The number of nitrogens with one attached hydrogen (secondary N) is 2. The van der Waals surface area contributed by atoms with Gasteiger partial charge in [-0.05, 0) is 57.7 Å². The summed E-state index contributed by atoms with van der Waals surface area (Å²) >= 11 is 4.50. The number of halogens is 2. The molecule has 3 aromatic rings. The SMILES string of the molecule is O=C(NNC(=O)c1ccccc1Br)c1cc2cc(F)ccc2s1. The van der Waals surface area contributed by atoms with Crippen LogP contribution in [0.3, 0.4) is 0 Å². The molecular formula is C16H10BrFN2O2S. The third kappa shape index (κ3) is 3.40. The van der Waals surface area contributed by atoms with Gasteiger partial charge in [-0.15, -0.1) is 11.3 Å². The van der Waals surface area contributed by atoms with Crippen LogP contribution in [0.1, 0.15) is 20.0 Å². The first kappa shape index (κ1) is 15.6. The van der Waals surface area contributed by atoms with Crippen molar-refractivity contribution in [3.63, 3.8) is 0 Å². The summed E-state index contributed by atoms with van der Waals surface area (Å²) in [5.74, 6) is -1.24. The highest BCUT2D eigenvalue weighted by molar-refractivity contribution is 9.10. The highest BCUT2D eigenvalue weighted by Crippen LogP contribution is 2.26. The molecule has 2 aromatic carbocycles. The minimum Gasteiger partial charge on any atom is -0.267 e. The molecule has 0 spiro atoms. The number of benzene rings is 2. The van der Waals surface area contributed by atoms with Gasteiger partial charge in [-0.25, -0.2) is 4.39 Å². The monoisotopic (exact) mass is 392 g/mol. The summed E-state index contributed by atoms with van der Waals surface area (Å²) in [7, 11) is 0. The second-order valence-electron chi connectivity index (χ2n) is 4.68. The smallest absolute Gasteiger partial charge is 0.267 e. The number of hydrogen-bond acceptors (Lipinski definition) is 3. The maximum absolute atomic E-state index is 13.2. The summed E-state index contributed by atoms with van der Waals surface area (Å²) in [4.78, 5) is 24.5. The molecule has 0 fully saturated rings. The van der Waals surface area contributed by atoms with Crippen molar-refractivity contribution in [2.24, 2.45) is 0 Å². The molecule has 1 heterocycles. The van der Waals surface area contributed by atoms with E-state index in [0.29, 0.717) is 20.3 Å². The van der Waals surface area contributed by atoms with Gasteiger partial charge in [0.1, 0.15) is 5.82 Å². The first-order chi connectivity index (χ1) is 11.0. The standard InChI is InChI=1S/C16H10BrFN2O2S/c17-12-4-2-1-3-11(12)15(21)19-20-16(22)14-8-9-7-10(18)5-6-13(9)23-14/h1-8H,(H,19,21)(H,20,22). The third-order valence-corrected chi connectivity index (χ3v) is 4.92. The summed E-state index contributed by atoms with van der Waals surface area (Å²) in [6.07, 6.45) is 0. The molecule has 3 rings (SSSR count). The molecule has 0 saturated carbocycles. The van der Waals surface area contributed by atoms with E-state index in [0.717, 1.165) is 4.70 Å². The van der Waals surface area contributed by atoms with Crippen molar-refractivity contribution in [2.75, 3.05) is 0 Å². The highest BCUT2D eigenvalue weighted by Gasteiger charge is 2.13. The first-order valence-electron chi connectivity index (χ1n) is 6.59. The van der Waals surface area contributed by atoms with Gasteiger partial charge in [-0.3, -0.25) is 20.4 Å². The Balaban J connectivity index is 1.71. The van der Waals surface area contributed by atoms with E-state index in [1.54, 1.807) is 36.4 Å². The minimum absolute atomic E-state index is 0.357. The molecule has 0 radical (unpaired) electrons. The van der Waals surface area contributed by atoms with Crippen LogP contribution in [0.25, 0.3) is 10.1 Å². The van der Waals surface area contributed by atoms with Crippen molar-refractivity contribution in [2.45, 2.75) is 0 Å². The van der Waals surface area contributed by atoms with Crippen LogP contribution in [0.15, 0.2) is 53.0 Å². The van der Waals surface area contributed by atoms with Gasteiger partial charge in [0.2, 0.25) is 0 Å². The molecule has 4 nitrogen and oxygen atoms in total. The van der Waals surface area contributed by atoms with Crippen LogP contribution in [-0.4, -0.2) is 11.8 Å². The fourth-order valence-corrected chi connectivity index (χ4v) is 3.42. The zero-order chi connectivity index (χ0) is 16.4. The number of amides is 2. The zero-order valence-corrected chi connectivity index (χ0v) is 14.0. The summed E-state index contributed by atoms with van der Waals surface area (Å²) in [5.41, 5.74) is 5.12. The van der Waals surface area contributed by atoms with Gasteiger partial charge in [0.25, 0.3) is 11.8 Å². The van der Waals surface area contributed by atoms with Crippen LogP contribution in [0, 0.1) is 5.82 Å². The van der Waals surface area contributed by atoms with E-state index in [4.69, 9.17) is 0 Å². The number of carbonyl (C=O) groups is 2. The molecule has 2 N–H and O–H groups in total. The second-order valence-corrected chi connectivity index (χ2v) is 6.62. The van der Waals surface area contributed by atoms with Gasteiger partial charge in [0.15, 0.2) is 0 Å². The number of fused-ring (bicyclic) bond motifs is 1. The fraction of sp³-hybridized carbons (Fsp3) is 0. The van der Waals surface area contributed by atoms with Crippen LogP contribution < -0.4 is 10.9 Å². The number of thiophene rings is 1. The van der Waals surface area contributed by atoms with Gasteiger partial charge in [-0.1, -0.05) is 12.1 Å². The molecule has 23 heavy (non-hydrogen) atoms. The van der Waals surface area contributed by atoms with Crippen LogP contribution >= 0.6 is 27.3 Å². The third-order valence-electron chi connectivity index (χ3n) is 3.11. The lowest BCUT2D eigenvalue weighted by Gasteiger charge is -2.07. The summed E-state index contributed by atoms with van der Waals surface area (Å²) < 4.78 is 14.6. The molecule has 0 aliphatic heterocycles.